The van der Waals surface area contributed by atoms with Crippen molar-refractivity contribution in [3.63, 3.8) is 0 Å². The van der Waals surface area contributed by atoms with Crippen LogP contribution < -0.4 is 16.1 Å². The lowest BCUT2D eigenvalue weighted by molar-refractivity contribution is 0.628. The largest absolute Gasteiger partial charge is 0.332 e. The minimum Gasteiger partial charge on any atom is -0.310 e. The lowest BCUT2D eigenvalue weighted by Crippen LogP contribution is -2.39. The van der Waals surface area contributed by atoms with Crippen LogP contribution in [0, 0.1) is 5.82 Å². The zero-order valence-electron chi connectivity index (χ0n) is 16.9. The molecule has 5 rings (SSSR count). The van der Waals surface area contributed by atoms with E-state index in [1.54, 1.807) is 25.3 Å². The molecule has 3 heterocycles. The van der Waals surface area contributed by atoms with Crippen molar-refractivity contribution >= 4 is 28.9 Å². The molecule has 31 heavy (non-hydrogen) atoms. The van der Waals surface area contributed by atoms with Crippen molar-refractivity contribution in [3.05, 3.63) is 92.9 Å². The lowest BCUT2D eigenvalue weighted by atomic mass is 10.2. The number of hydrogen-bond donors (Lipinski definition) is 0. The molecule has 0 spiro atoms. The quantitative estimate of drug-likeness (QED) is 0.512. The number of anilines is 2. The molecule has 1 aliphatic rings. The predicted molar refractivity (Wildman–Crippen MR) is 118 cm³/mol. The number of nitrogens with zero attached hydrogens (tertiary/aromatic N) is 5. The van der Waals surface area contributed by atoms with Gasteiger partial charge in [-0.05, 0) is 29.8 Å². The van der Waals surface area contributed by atoms with Crippen LogP contribution in [0.1, 0.15) is 5.56 Å². The summed E-state index contributed by atoms with van der Waals surface area (Å²) in [6.07, 6.45) is 3.68. The van der Waals surface area contributed by atoms with Gasteiger partial charge in [-0.15, -0.1) is 0 Å². The average molecular weight is 417 g/mol. The molecule has 0 saturated heterocycles. The zero-order valence-corrected chi connectivity index (χ0v) is 16.9. The Morgan fingerprint density at radius 3 is 2.52 bits per heavy atom. The monoisotopic (exact) mass is 417 g/mol. The Hall–Kier alpha value is -3.94. The van der Waals surface area contributed by atoms with E-state index >= 15 is 0 Å². The molecule has 0 atom stereocenters. The summed E-state index contributed by atoms with van der Waals surface area (Å²) in [4.78, 5) is 32.6. The third kappa shape index (κ3) is 3.16. The van der Waals surface area contributed by atoms with Crippen molar-refractivity contribution in [2.45, 2.75) is 13.1 Å². The van der Waals surface area contributed by atoms with Gasteiger partial charge in [0.1, 0.15) is 5.82 Å². The first-order chi connectivity index (χ1) is 15.0. The summed E-state index contributed by atoms with van der Waals surface area (Å²) in [6, 6.07) is 15.8. The molecular formula is C23H20FN5O2. The third-order valence-corrected chi connectivity index (χ3v) is 5.54. The minimum atomic E-state index is -0.416. The van der Waals surface area contributed by atoms with E-state index in [9.17, 15) is 14.0 Å². The third-order valence-electron chi connectivity index (χ3n) is 5.54. The highest BCUT2D eigenvalue weighted by Gasteiger charge is 2.28. The van der Waals surface area contributed by atoms with Crippen molar-refractivity contribution < 1.29 is 4.39 Å². The summed E-state index contributed by atoms with van der Waals surface area (Å²) >= 11 is 0. The number of imidazole rings is 1. The molecule has 0 amide bonds. The van der Waals surface area contributed by atoms with Gasteiger partial charge in [-0.2, -0.15) is 4.98 Å². The fourth-order valence-corrected chi connectivity index (χ4v) is 3.96. The second-order valence-electron chi connectivity index (χ2n) is 7.43. The number of rotatable bonds is 4. The molecule has 2 aromatic heterocycles. The standard InChI is InChI=1S/C23H20FN5O2/c1-26-20-19(21(30)29(23(26)31)13-5-8-16-6-3-2-4-7-16)28-15-14-27(22(28)25-20)18-11-9-17(24)10-12-18/h2-12H,13-15H2,1H3/b8-5-. The van der Waals surface area contributed by atoms with E-state index in [1.807, 2.05) is 45.9 Å². The molecule has 1 aliphatic heterocycles. The van der Waals surface area contributed by atoms with Crippen LogP contribution >= 0.6 is 0 Å². The van der Waals surface area contributed by atoms with E-state index in [0.717, 1.165) is 11.3 Å². The average Bonchev–Trinajstić information content (AvgIpc) is 3.35. The van der Waals surface area contributed by atoms with Gasteiger partial charge in [0.2, 0.25) is 5.95 Å². The van der Waals surface area contributed by atoms with Crippen LogP contribution in [0.25, 0.3) is 17.2 Å². The van der Waals surface area contributed by atoms with Gasteiger partial charge in [-0.3, -0.25) is 13.9 Å². The van der Waals surface area contributed by atoms with E-state index in [-0.39, 0.29) is 17.9 Å². The highest BCUT2D eigenvalue weighted by molar-refractivity contribution is 5.77. The molecule has 0 radical (unpaired) electrons. The first-order valence-corrected chi connectivity index (χ1v) is 9.99. The smallest absolute Gasteiger partial charge is 0.310 e. The zero-order chi connectivity index (χ0) is 21.5. The van der Waals surface area contributed by atoms with Crippen LogP contribution in [-0.2, 0) is 20.1 Å². The molecule has 0 bridgehead atoms. The normalized spacial score (nSPS) is 13.4. The van der Waals surface area contributed by atoms with E-state index in [0.29, 0.717) is 30.2 Å². The maximum Gasteiger partial charge on any atom is 0.332 e. The number of aryl methyl sites for hydroxylation is 1. The van der Waals surface area contributed by atoms with Crippen LogP contribution in [-0.4, -0.2) is 25.2 Å². The van der Waals surface area contributed by atoms with Crippen molar-refractivity contribution in [2.75, 3.05) is 11.4 Å². The van der Waals surface area contributed by atoms with Crippen LogP contribution in [0.15, 0.2) is 70.3 Å². The summed E-state index contributed by atoms with van der Waals surface area (Å²) in [6.45, 7) is 1.33. The van der Waals surface area contributed by atoms with E-state index in [4.69, 9.17) is 0 Å². The molecule has 2 aromatic carbocycles. The van der Waals surface area contributed by atoms with Crippen LogP contribution in [0.5, 0.6) is 0 Å². The lowest BCUT2D eigenvalue weighted by Gasteiger charge is -2.15. The van der Waals surface area contributed by atoms with Crippen molar-refractivity contribution in [3.8, 4) is 0 Å². The molecule has 0 aliphatic carbocycles. The summed E-state index contributed by atoms with van der Waals surface area (Å²) < 4.78 is 17.8. The van der Waals surface area contributed by atoms with E-state index in [2.05, 4.69) is 4.98 Å². The predicted octanol–water partition coefficient (Wildman–Crippen LogP) is 2.90. The maximum absolute atomic E-state index is 13.3. The highest BCUT2D eigenvalue weighted by atomic mass is 19.1. The topological polar surface area (TPSA) is 65.1 Å². The Kier molecular flexibility index (Phi) is 4.54. The maximum atomic E-state index is 13.3. The second-order valence-corrected chi connectivity index (χ2v) is 7.43. The molecule has 7 nitrogen and oxygen atoms in total. The second kappa shape index (κ2) is 7.39. The van der Waals surface area contributed by atoms with Crippen molar-refractivity contribution in [1.82, 2.24) is 18.7 Å². The molecule has 0 fully saturated rings. The Bertz CT molecular complexity index is 1420. The molecule has 0 saturated carbocycles. The Morgan fingerprint density at radius 2 is 1.77 bits per heavy atom. The first-order valence-electron chi connectivity index (χ1n) is 9.99. The molecule has 0 N–H and O–H groups in total. The first kappa shape index (κ1) is 19.0. The van der Waals surface area contributed by atoms with Crippen LogP contribution in [0.2, 0.25) is 0 Å². The number of aromatic nitrogens is 4. The van der Waals surface area contributed by atoms with Crippen molar-refractivity contribution in [1.29, 1.82) is 0 Å². The SMILES string of the molecule is Cn1c(=O)n(C/C=C\c2ccccc2)c(=O)c2c1nc1n2CCN1c1ccc(F)cc1. The van der Waals surface area contributed by atoms with Gasteiger partial charge in [-0.25, -0.2) is 9.18 Å². The van der Waals surface area contributed by atoms with Gasteiger partial charge in [0.25, 0.3) is 5.56 Å². The number of benzene rings is 2. The Labute approximate surface area is 176 Å². The minimum absolute atomic E-state index is 0.165. The van der Waals surface area contributed by atoms with Gasteiger partial charge >= 0.3 is 5.69 Å². The van der Waals surface area contributed by atoms with Crippen LogP contribution in [0.3, 0.4) is 0 Å². The summed E-state index contributed by atoms with van der Waals surface area (Å²) in [7, 11) is 1.62. The van der Waals surface area contributed by atoms with Gasteiger partial charge in [-0.1, -0.05) is 42.5 Å². The Balaban J connectivity index is 1.58. The van der Waals surface area contributed by atoms with Gasteiger partial charge in [0.15, 0.2) is 11.2 Å². The highest BCUT2D eigenvalue weighted by Crippen LogP contribution is 2.31. The molecular weight excluding hydrogens is 397 g/mol. The number of halogens is 1. The number of allylic oxidation sites excluding steroid dienone is 1. The molecule has 156 valence electrons. The fraction of sp³-hybridized carbons (Fsp3) is 0.174. The van der Waals surface area contributed by atoms with Crippen molar-refractivity contribution in [2.24, 2.45) is 7.05 Å². The molecule has 4 aromatic rings. The molecule has 0 unspecified atom stereocenters. The summed E-state index contributed by atoms with van der Waals surface area (Å²) in [5, 5.41) is 0. The van der Waals surface area contributed by atoms with E-state index in [1.165, 1.54) is 21.3 Å². The van der Waals surface area contributed by atoms with Gasteiger partial charge < -0.3 is 9.47 Å². The molecule has 8 heteroatoms. The van der Waals surface area contributed by atoms with Gasteiger partial charge in [0, 0.05) is 32.4 Å². The number of hydrogen-bond acceptors (Lipinski definition) is 4. The fourth-order valence-electron chi connectivity index (χ4n) is 3.96. The van der Waals surface area contributed by atoms with Gasteiger partial charge in [0.05, 0.1) is 0 Å². The Morgan fingerprint density at radius 1 is 1.03 bits per heavy atom. The van der Waals surface area contributed by atoms with Crippen LogP contribution in [0.4, 0.5) is 16.0 Å². The van der Waals surface area contributed by atoms with E-state index < -0.39 is 5.69 Å². The number of fused-ring (bicyclic) bond motifs is 3. The summed E-state index contributed by atoms with van der Waals surface area (Å²) in [5.74, 6) is 0.261. The summed E-state index contributed by atoms with van der Waals surface area (Å²) in [5.41, 5.74) is 1.74.